The molecular weight excluding hydrogens is 420 g/mol. The summed E-state index contributed by atoms with van der Waals surface area (Å²) < 4.78 is 0. The second-order valence-electron chi connectivity index (χ2n) is 10.7. The van der Waals surface area contributed by atoms with Crippen molar-refractivity contribution in [3.05, 3.63) is 107 Å². The van der Waals surface area contributed by atoms with E-state index < -0.39 is 17.1 Å². The van der Waals surface area contributed by atoms with E-state index in [1.807, 2.05) is 68.1 Å². The molecule has 0 fully saturated rings. The van der Waals surface area contributed by atoms with Crippen molar-refractivity contribution >= 4 is 11.8 Å². The molecule has 1 spiro atoms. The summed E-state index contributed by atoms with van der Waals surface area (Å²) in [5.74, 6) is 0.0931. The molecular formula is C30H32N2O2. The molecule has 6 rings (SSSR count). The van der Waals surface area contributed by atoms with Crippen molar-refractivity contribution < 1.29 is 9.59 Å². The number of allylic oxidation sites excluding steroid dienone is 2. The number of nitrogens with zero attached hydrogens (tertiary/aromatic N) is 1. The molecule has 4 heteroatoms. The maximum atomic E-state index is 14.3. The van der Waals surface area contributed by atoms with Crippen molar-refractivity contribution in [2.45, 2.75) is 57.7 Å². The van der Waals surface area contributed by atoms with Gasteiger partial charge in [-0.25, -0.2) is 0 Å². The third-order valence-corrected chi connectivity index (χ3v) is 7.11. The van der Waals surface area contributed by atoms with Gasteiger partial charge in [0.25, 0.3) is 5.91 Å². The van der Waals surface area contributed by atoms with Crippen LogP contribution in [-0.4, -0.2) is 27.8 Å². The van der Waals surface area contributed by atoms with Crippen LogP contribution in [0.15, 0.2) is 90.0 Å². The SMILES string of the molecule is Cc1ccccc1CC1=C2CC3C=CC2(C=C3)N(C(C(=O)NC(C)(C)C)c2ccccc2)C1=O. The molecule has 2 bridgehead atoms. The fourth-order valence-corrected chi connectivity index (χ4v) is 5.51. The summed E-state index contributed by atoms with van der Waals surface area (Å²) in [4.78, 5) is 29.9. The molecule has 3 aliphatic carbocycles. The first-order valence-corrected chi connectivity index (χ1v) is 12.1. The molecule has 1 aliphatic heterocycles. The lowest BCUT2D eigenvalue weighted by Gasteiger charge is -2.46. The molecule has 2 aromatic carbocycles. The first-order chi connectivity index (χ1) is 16.2. The molecule has 1 N–H and O–H groups in total. The van der Waals surface area contributed by atoms with Crippen LogP contribution in [0.25, 0.3) is 0 Å². The maximum Gasteiger partial charge on any atom is 0.252 e. The molecule has 0 saturated carbocycles. The minimum Gasteiger partial charge on any atom is -0.349 e. The van der Waals surface area contributed by atoms with Crippen molar-refractivity contribution in [2.75, 3.05) is 0 Å². The Labute approximate surface area is 202 Å². The molecule has 1 heterocycles. The zero-order chi connectivity index (χ0) is 24.1. The standard InChI is InChI=1S/C30H32N2O2/c1-20-10-8-9-13-23(20)19-24-25-18-21-14-16-30(25,17-15-21)32(28(24)34)26(22-11-6-5-7-12-22)27(33)31-29(2,3)4/h5-17,21,26H,18-19H2,1-4H3,(H,31,33). The van der Waals surface area contributed by atoms with Gasteiger partial charge in [0.1, 0.15) is 11.6 Å². The maximum absolute atomic E-state index is 14.3. The van der Waals surface area contributed by atoms with E-state index in [1.165, 1.54) is 5.56 Å². The van der Waals surface area contributed by atoms with Gasteiger partial charge in [0.2, 0.25) is 5.91 Å². The average molecular weight is 453 g/mol. The van der Waals surface area contributed by atoms with Crippen molar-refractivity contribution in [3.63, 3.8) is 0 Å². The fourth-order valence-electron chi connectivity index (χ4n) is 5.51. The van der Waals surface area contributed by atoms with Crippen LogP contribution in [0, 0.1) is 12.8 Å². The number of aryl methyl sites for hydroxylation is 1. The van der Waals surface area contributed by atoms with Gasteiger partial charge in [0.15, 0.2) is 0 Å². The number of hydrogen-bond donors (Lipinski definition) is 1. The van der Waals surface area contributed by atoms with E-state index >= 15 is 0 Å². The molecule has 4 nitrogen and oxygen atoms in total. The predicted octanol–water partition coefficient (Wildman–Crippen LogP) is 5.22. The lowest BCUT2D eigenvalue weighted by atomic mass is 9.71. The van der Waals surface area contributed by atoms with E-state index in [0.29, 0.717) is 12.3 Å². The van der Waals surface area contributed by atoms with E-state index in [9.17, 15) is 9.59 Å². The lowest BCUT2D eigenvalue weighted by Crippen LogP contribution is -2.55. The van der Waals surface area contributed by atoms with Gasteiger partial charge in [-0.15, -0.1) is 0 Å². The smallest absolute Gasteiger partial charge is 0.252 e. The topological polar surface area (TPSA) is 49.4 Å². The second-order valence-corrected chi connectivity index (χ2v) is 10.7. The first kappa shape index (κ1) is 22.4. The van der Waals surface area contributed by atoms with Gasteiger partial charge in [-0.1, -0.05) is 78.9 Å². The monoisotopic (exact) mass is 452 g/mol. The zero-order valence-corrected chi connectivity index (χ0v) is 20.3. The Hall–Kier alpha value is -3.40. The Morgan fingerprint density at radius 2 is 1.71 bits per heavy atom. The number of carbonyl (C=O) groups is 2. The van der Waals surface area contributed by atoms with Crippen LogP contribution in [0.4, 0.5) is 0 Å². The summed E-state index contributed by atoms with van der Waals surface area (Å²) in [6, 6.07) is 17.2. The van der Waals surface area contributed by atoms with Crippen molar-refractivity contribution in [3.8, 4) is 0 Å². The number of nitrogens with one attached hydrogen (secondary N) is 1. The molecule has 4 aliphatic rings. The average Bonchev–Trinajstić information content (AvgIpc) is 3.04. The molecule has 2 aromatic rings. The van der Waals surface area contributed by atoms with E-state index in [2.05, 4.69) is 48.7 Å². The second kappa shape index (κ2) is 8.12. The van der Waals surface area contributed by atoms with Gasteiger partial charge < -0.3 is 10.2 Å². The van der Waals surface area contributed by atoms with Gasteiger partial charge in [-0.05, 0) is 62.3 Å². The van der Waals surface area contributed by atoms with E-state index in [4.69, 9.17) is 0 Å². The van der Waals surface area contributed by atoms with Crippen LogP contribution in [0.1, 0.15) is 49.9 Å². The Kier molecular flexibility index (Phi) is 5.35. The molecule has 1 unspecified atom stereocenters. The Bertz CT molecular complexity index is 1220. The quantitative estimate of drug-likeness (QED) is 0.633. The minimum absolute atomic E-state index is 0.0481. The Morgan fingerprint density at radius 3 is 2.35 bits per heavy atom. The summed E-state index contributed by atoms with van der Waals surface area (Å²) in [6.07, 6.45) is 10.0. The third kappa shape index (κ3) is 3.71. The van der Waals surface area contributed by atoms with Crippen LogP contribution in [0.5, 0.6) is 0 Å². The molecule has 0 saturated heterocycles. The Morgan fingerprint density at radius 1 is 1.06 bits per heavy atom. The summed E-state index contributed by atoms with van der Waals surface area (Å²) in [7, 11) is 0. The van der Waals surface area contributed by atoms with Crippen molar-refractivity contribution in [1.82, 2.24) is 10.2 Å². The zero-order valence-electron chi connectivity index (χ0n) is 20.3. The van der Waals surface area contributed by atoms with E-state index in [-0.39, 0.29) is 11.8 Å². The van der Waals surface area contributed by atoms with Gasteiger partial charge in [0.05, 0.1) is 0 Å². The van der Waals surface area contributed by atoms with Gasteiger partial charge in [-0.3, -0.25) is 9.59 Å². The van der Waals surface area contributed by atoms with E-state index in [1.54, 1.807) is 0 Å². The number of rotatable bonds is 5. The first-order valence-electron chi connectivity index (χ1n) is 12.1. The molecule has 174 valence electrons. The highest BCUT2D eigenvalue weighted by molar-refractivity contribution is 6.03. The predicted molar refractivity (Wildman–Crippen MR) is 135 cm³/mol. The summed E-state index contributed by atoms with van der Waals surface area (Å²) in [5, 5.41) is 3.14. The summed E-state index contributed by atoms with van der Waals surface area (Å²) >= 11 is 0. The van der Waals surface area contributed by atoms with Crippen molar-refractivity contribution in [2.24, 2.45) is 5.92 Å². The third-order valence-electron chi connectivity index (χ3n) is 7.11. The fraction of sp³-hybridized carbons (Fsp3) is 0.333. The highest BCUT2D eigenvalue weighted by Gasteiger charge is 2.55. The largest absolute Gasteiger partial charge is 0.349 e. The number of amides is 2. The van der Waals surface area contributed by atoms with Crippen LogP contribution < -0.4 is 5.32 Å². The van der Waals surface area contributed by atoms with Crippen LogP contribution >= 0.6 is 0 Å². The summed E-state index contributed by atoms with van der Waals surface area (Å²) in [6.45, 7) is 7.99. The lowest BCUT2D eigenvalue weighted by molar-refractivity contribution is -0.140. The van der Waals surface area contributed by atoms with Gasteiger partial charge >= 0.3 is 0 Å². The normalized spacial score (nSPS) is 23.9. The highest BCUT2D eigenvalue weighted by atomic mass is 16.2. The van der Waals surface area contributed by atoms with Crippen LogP contribution in [-0.2, 0) is 16.0 Å². The number of benzene rings is 2. The molecule has 0 aromatic heterocycles. The minimum atomic E-state index is -0.735. The number of hydrogen-bond acceptors (Lipinski definition) is 2. The summed E-state index contributed by atoms with van der Waals surface area (Å²) in [5.41, 5.74) is 4.00. The van der Waals surface area contributed by atoms with Gasteiger partial charge in [-0.2, -0.15) is 0 Å². The van der Waals surface area contributed by atoms with Crippen LogP contribution in [0.2, 0.25) is 0 Å². The van der Waals surface area contributed by atoms with Gasteiger partial charge in [0, 0.05) is 17.5 Å². The van der Waals surface area contributed by atoms with Crippen LogP contribution in [0.3, 0.4) is 0 Å². The Balaban J connectivity index is 1.64. The molecule has 34 heavy (non-hydrogen) atoms. The molecule has 2 amide bonds. The van der Waals surface area contributed by atoms with Crippen molar-refractivity contribution in [1.29, 1.82) is 0 Å². The van der Waals surface area contributed by atoms with E-state index in [0.717, 1.165) is 28.7 Å². The number of carbonyl (C=O) groups excluding carboxylic acids is 2. The molecule has 0 radical (unpaired) electrons. The highest BCUT2D eigenvalue weighted by Crippen LogP contribution is 2.52. The molecule has 1 atom stereocenters.